The molecule has 0 saturated carbocycles. The number of oxime groups is 2. The second kappa shape index (κ2) is 8.17. The van der Waals surface area contributed by atoms with E-state index in [-0.39, 0.29) is 30.4 Å². The highest BCUT2D eigenvalue weighted by molar-refractivity contribution is 5.80. The lowest BCUT2D eigenvalue weighted by molar-refractivity contribution is 0.0553. The molecule has 0 bridgehead atoms. The second-order valence-corrected chi connectivity index (χ2v) is 4.43. The quantitative estimate of drug-likeness (QED) is 0.240. The third-order valence-corrected chi connectivity index (χ3v) is 2.59. The van der Waals surface area contributed by atoms with Gasteiger partial charge in [-0.3, -0.25) is 9.78 Å². The van der Waals surface area contributed by atoms with Gasteiger partial charge in [0.15, 0.2) is 24.7 Å². The molecule has 0 aliphatic heterocycles. The van der Waals surface area contributed by atoms with Crippen LogP contribution in [0.2, 0.25) is 0 Å². The summed E-state index contributed by atoms with van der Waals surface area (Å²) in [4.78, 5) is 36.2. The van der Waals surface area contributed by atoms with Gasteiger partial charge in [0.05, 0.1) is 18.1 Å². The first-order chi connectivity index (χ1) is 11.5. The Labute approximate surface area is 134 Å². The molecule has 4 N–H and O–H groups in total. The second-order valence-electron chi connectivity index (χ2n) is 4.43. The molecule has 1 heterocycles. The maximum atomic E-state index is 11.0. The minimum atomic E-state index is -0.637. The number of phenolic OH excluding ortho intramolecular Hbond substituents is 2. The average molecular weight is 334 g/mol. The number of aromatic amines is 2. The predicted octanol–water partition coefficient (Wildman–Crippen LogP) is -0.124. The fraction of sp³-hybridized carbons (Fsp3) is 0.143. The molecule has 0 spiro atoms. The number of phenols is 2. The largest absolute Gasteiger partial charge is 0.504 e. The van der Waals surface area contributed by atoms with E-state index in [4.69, 9.17) is 14.8 Å². The zero-order valence-electron chi connectivity index (χ0n) is 12.3. The zero-order chi connectivity index (χ0) is 17.4. The van der Waals surface area contributed by atoms with Crippen molar-refractivity contribution in [2.24, 2.45) is 10.3 Å². The van der Waals surface area contributed by atoms with Crippen molar-refractivity contribution >= 4 is 12.4 Å². The van der Waals surface area contributed by atoms with E-state index in [1.54, 1.807) is 6.07 Å². The monoisotopic (exact) mass is 334 g/mol. The summed E-state index contributed by atoms with van der Waals surface area (Å²) in [7, 11) is 0. The van der Waals surface area contributed by atoms with E-state index in [0.717, 1.165) is 6.07 Å². The maximum absolute atomic E-state index is 11.0. The van der Waals surface area contributed by atoms with Crippen molar-refractivity contribution in [3.05, 3.63) is 56.4 Å². The van der Waals surface area contributed by atoms with Crippen molar-refractivity contribution in [2.75, 3.05) is 13.2 Å². The summed E-state index contributed by atoms with van der Waals surface area (Å²) in [6.07, 6.45) is 2.53. The number of aromatic nitrogens is 2. The fourth-order valence-electron chi connectivity index (χ4n) is 1.55. The van der Waals surface area contributed by atoms with Crippen molar-refractivity contribution in [1.29, 1.82) is 0 Å². The number of hydrogen-bond donors (Lipinski definition) is 4. The summed E-state index contributed by atoms with van der Waals surface area (Å²) in [6, 6.07) is 5.35. The predicted molar refractivity (Wildman–Crippen MR) is 84.5 cm³/mol. The summed E-state index contributed by atoms with van der Waals surface area (Å²) in [6.45, 7) is 0.186. The zero-order valence-corrected chi connectivity index (χ0v) is 12.3. The van der Waals surface area contributed by atoms with E-state index >= 15 is 0 Å². The smallest absolute Gasteiger partial charge is 0.326 e. The highest BCUT2D eigenvalue weighted by Gasteiger charge is 1.98. The summed E-state index contributed by atoms with van der Waals surface area (Å²) < 4.78 is 0. The summed E-state index contributed by atoms with van der Waals surface area (Å²) in [5, 5.41) is 25.7. The van der Waals surface area contributed by atoms with Gasteiger partial charge in [-0.2, -0.15) is 0 Å². The van der Waals surface area contributed by atoms with Crippen LogP contribution in [-0.2, 0) is 9.68 Å². The van der Waals surface area contributed by atoms with Gasteiger partial charge < -0.3 is 24.9 Å². The van der Waals surface area contributed by atoms with E-state index in [1.165, 1.54) is 24.6 Å². The molecule has 10 heteroatoms. The van der Waals surface area contributed by atoms with Gasteiger partial charge in [-0.25, -0.2) is 4.79 Å². The van der Waals surface area contributed by atoms with E-state index < -0.39 is 11.2 Å². The van der Waals surface area contributed by atoms with Crippen LogP contribution >= 0.6 is 0 Å². The molecule has 2 rings (SSSR count). The van der Waals surface area contributed by atoms with Crippen LogP contribution < -0.4 is 11.2 Å². The molecule has 0 atom stereocenters. The Kier molecular flexibility index (Phi) is 5.72. The Morgan fingerprint density at radius 3 is 2.33 bits per heavy atom. The molecule has 0 aliphatic rings. The molecule has 1 aromatic heterocycles. The van der Waals surface area contributed by atoms with Crippen molar-refractivity contribution < 1.29 is 19.9 Å². The molecular weight excluding hydrogens is 320 g/mol. The van der Waals surface area contributed by atoms with Gasteiger partial charge in [-0.05, 0) is 23.8 Å². The van der Waals surface area contributed by atoms with Crippen LogP contribution in [0.3, 0.4) is 0 Å². The summed E-state index contributed by atoms with van der Waals surface area (Å²) >= 11 is 0. The number of H-pyrrole nitrogens is 2. The molecule has 0 amide bonds. The average Bonchev–Trinajstić information content (AvgIpc) is 2.52. The van der Waals surface area contributed by atoms with Crippen molar-refractivity contribution in [3.8, 4) is 11.5 Å². The molecular formula is C14H14N4O6. The van der Waals surface area contributed by atoms with Gasteiger partial charge in [-0.1, -0.05) is 10.3 Å². The standard InChI is InChI=1S/C14H14N4O6/c19-11-2-1-9(5-12(11)20)7-15-23-3-4-24-16-8-10-6-13(21)18-14(22)17-10/h1-2,5-8,19-20H,3-4H2,(H2,17,18,21,22)/b15-7+,16-8+. The molecule has 126 valence electrons. The molecule has 0 saturated heterocycles. The van der Waals surface area contributed by atoms with Gasteiger partial charge in [0.1, 0.15) is 0 Å². The number of nitrogens with one attached hydrogen (secondary N) is 2. The van der Waals surface area contributed by atoms with Crippen molar-refractivity contribution in [3.63, 3.8) is 0 Å². The third-order valence-electron chi connectivity index (χ3n) is 2.59. The molecule has 0 unspecified atom stereocenters. The Morgan fingerprint density at radius 2 is 1.67 bits per heavy atom. The molecule has 24 heavy (non-hydrogen) atoms. The Morgan fingerprint density at radius 1 is 0.958 bits per heavy atom. The number of nitrogens with zero attached hydrogens (tertiary/aromatic N) is 2. The lowest BCUT2D eigenvalue weighted by atomic mass is 10.2. The lowest BCUT2D eigenvalue weighted by Gasteiger charge is -1.99. The molecule has 1 aromatic carbocycles. The van der Waals surface area contributed by atoms with Crippen LogP contribution in [0.1, 0.15) is 11.3 Å². The van der Waals surface area contributed by atoms with Gasteiger partial charge >= 0.3 is 5.69 Å². The van der Waals surface area contributed by atoms with Crippen LogP contribution in [0.5, 0.6) is 11.5 Å². The van der Waals surface area contributed by atoms with Gasteiger partial charge in [0, 0.05) is 6.07 Å². The van der Waals surface area contributed by atoms with Crippen LogP contribution in [0.25, 0.3) is 0 Å². The Bertz CT molecular complexity index is 827. The molecule has 0 radical (unpaired) electrons. The number of hydrogen-bond acceptors (Lipinski definition) is 8. The van der Waals surface area contributed by atoms with Crippen LogP contribution in [0, 0.1) is 0 Å². The molecule has 0 aliphatic carbocycles. The van der Waals surface area contributed by atoms with Gasteiger partial charge in [0.25, 0.3) is 5.56 Å². The van der Waals surface area contributed by atoms with Crippen molar-refractivity contribution in [2.45, 2.75) is 0 Å². The minimum absolute atomic E-state index is 0.0854. The topological polar surface area (TPSA) is 149 Å². The minimum Gasteiger partial charge on any atom is -0.504 e. The van der Waals surface area contributed by atoms with E-state index in [2.05, 4.69) is 15.3 Å². The number of rotatable bonds is 7. The number of aromatic hydroxyl groups is 2. The maximum Gasteiger partial charge on any atom is 0.326 e. The molecule has 2 aromatic rings. The summed E-state index contributed by atoms with van der Waals surface area (Å²) in [5.74, 6) is -0.476. The first-order valence-corrected chi connectivity index (χ1v) is 6.71. The summed E-state index contributed by atoms with van der Waals surface area (Å²) in [5.41, 5.74) is -0.433. The van der Waals surface area contributed by atoms with Crippen LogP contribution in [0.4, 0.5) is 0 Å². The van der Waals surface area contributed by atoms with Crippen LogP contribution in [-0.4, -0.2) is 45.8 Å². The van der Waals surface area contributed by atoms with Gasteiger partial charge in [0.2, 0.25) is 0 Å². The van der Waals surface area contributed by atoms with E-state index in [9.17, 15) is 14.7 Å². The highest BCUT2D eigenvalue weighted by Crippen LogP contribution is 2.23. The molecule has 0 fully saturated rings. The third kappa shape index (κ3) is 5.33. The number of benzene rings is 1. The molecule has 10 nitrogen and oxygen atoms in total. The first kappa shape index (κ1) is 16.8. The first-order valence-electron chi connectivity index (χ1n) is 6.71. The highest BCUT2D eigenvalue weighted by atomic mass is 16.7. The van der Waals surface area contributed by atoms with E-state index in [0.29, 0.717) is 5.56 Å². The van der Waals surface area contributed by atoms with Crippen LogP contribution in [0.15, 0.2) is 44.2 Å². The van der Waals surface area contributed by atoms with Crippen molar-refractivity contribution in [1.82, 2.24) is 9.97 Å². The Balaban J connectivity index is 1.70. The normalized spacial score (nSPS) is 11.2. The fourth-order valence-corrected chi connectivity index (χ4v) is 1.55. The van der Waals surface area contributed by atoms with E-state index in [1.807, 2.05) is 4.98 Å². The Hall–Kier alpha value is -3.56. The SMILES string of the molecule is O=c1cc(/C=N/OCCO/N=C/c2ccc(O)c(O)c2)[nH]c(=O)[nH]1. The van der Waals surface area contributed by atoms with Gasteiger partial charge in [-0.15, -0.1) is 0 Å². The lowest BCUT2D eigenvalue weighted by Crippen LogP contribution is -2.22.